The molecule has 0 saturated carbocycles. The van der Waals surface area contributed by atoms with Crippen molar-refractivity contribution in [3.63, 3.8) is 0 Å². The standard InChI is InChI=1S/C17H28N4O/c1-15(2)6-4-8-17(3)9-7-16(22)20(14-17)11-5-12-21-13-10-18-19-21/h6,10,13H,4-5,7-9,11-12,14H2,1-3H3/t17-/m1/s1. The maximum atomic E-state index is 12.1. The normalized spacial score (nSPS) is 22.0. The van der Waals surface area contributed by atoms with E-state index in [1.54, 1.807) is 6.20 Å². The summed E-state index contributed by atoms with van der Waals surface area (Å²) in [5.41, 5.74) is 1.63. The van der Waals surface area contributed by atoms with Gasteiger partial charge in [0.2, 0.25) is 5.91 Å². The maximum absolute atomic E-state index is 12.1. The van der Waals surface area contributed by atoms with Crippen molar-refractivity contribution >= 4 is 5.91 Å². The minimum absolute atomic E-state index is 0.257. The van der Waals surface area contributed by atoms with Crippen molar-refractivity contribution < 1.29 is 4.79 Å². The molecule has 2 rings (SSSR count). The lowest BCUT2D eigenvalue weighted by molar-refractivity contribution is -0.137. The molecule has 0 N–H and O–H groups in total. The zero-order valence-electron chi connectivity index (χ0n) is 14.1. The number of hydrogen-bond donors (Lipinski definition) is 0. The molecule has 2 heterocycles. The number of carbonyl (C=O) groups excluding carboxylic acids is 1. The lowest BCUT2D eigenvalue weighted by atomic mass is 9.77. The number of aryl methyl sites for hydroxylation is 1. The number of amides is 1. The van der Waals surface area contributed by atoms with E-state index in [-0.39, 0.29) is 5.41 Å². The molecule has 0 unspecified atom stereocenters. The Labute approximate surface area is 133 Å². The highest BCUT2D eigenvalue weighted by atomic mass is 16.2. The van der Waals surface area contributed by atoms with E-state index >= 15 is 0 Å². The van der Waals surface area contributed by atoms with E-state index in [1.807, 2.05) is 15.8 Å². The van der Waals surface area contributed by atoms with Gasteiger partial charge >= 0.3 is 0 Å². The first-order valence-electron chi connectivity index (χ1n) is 8.24. The van der Waals surface area contributed by atoms with Crippen molar-refractivity contribution in [1.29, 1.82) is 0 Å². The SMILES string of the molecule is CC(C)=CCC[C@]1(C)CCC(=O)N(CCCn2ccnn2)C1. The highest BCUT2D eigenvalue weighted by Gasteiger charge is 2.33. The van der Waals surface area contributed by atoms with Crippen LogP contribution in [0.15, 0.2) is 24.0 Å². The largest absolute Gasteiger partial charge is 0.342 e. The Bertz CT molecular complexity index is 505. The first kappa shape index (κ1) is 16.7. The minimum Gasteiger partial charge on any atom is -0.342 e. The van der Waals surface area contributed by atoms with E-state index in [9.17, 15) is 4.79 Å². The molecule has 1 amide bonds. The molecule has 122 valence electrons. The number of carbonyl (C=O) groups is 1. The van der Waals surface area contributed by atoms with Gasteiger partial charge in [0.25, 0.3) is 0 Å². The molecule has 1 aliphatic heterocycles. The Morgan fingerprint density at radius 2 is 2.23 bits per heavy atom. The lowest BCUT2D eigenvalue weighted by Crippen LogP contribution is -2.45. The molecule has 1 fully saturated rings. The summed E-state index contributed by atoms with van der Waals surface area (Å²) in [4.78, 5) is 14.2. The summed E-state index contributed by atoms with van der Waals surface area (Å²) in [5.74, 6) is 0.304. The van der Waals surface area contributed by atoms with Crippen LogP contribution >= 0.6 is 0 Å². The van der Waals surface area contributed by atoms with Gasteiger partial charge in [0, 0.05) is 32.3 Å². The lowest BCUT2D eigenvalue weighted by Gasteiger charge is -2.40. The predicted octanol–water partition coefficient (Wildman–Crippen LogP) is 3.04. The predicted molar refractivity (Wildman–Crippen MR) is 87.2 cm³/mol. The van der Waals surface area contributed by atoms with Crippen LogP contribution < -0.4 is 0 Å². The van der Waals surface area contributed by atoms with Gasteiger partial charge in [0.05, 0.1) is 6.20 Å². The fourth-order valence-electron chi connectivity index (χ4n) is 3.09. The second kappa shape index (κ2) is 7.56. The third-order valence-electron chi connectivity index (χ3n) is 4.46. The maximum Gasteiger partial charge on any atom is 0.222 e. The third-order valence-corrected chi connectivity index (χ3v) is 4.46. The Morgan fingerprint density at radius 3 is 2.91 bits per heavy atom. The van der Waals surface area contributed by atoms with Gasteiger partial charge in [-0.05, 0) is 44.9 Å². The fourth-order valence-corrected chi connectivity index (χ4v) is 3.09. The summed E-state index contributed by atoms with van der Waals surface area (Å²) in [6, 6.07) is 0. The molecule has 0 radical (unpaired) electrons. The van der Waals surface area contributed by atoms with Gasteiger partial charge in [-0.3, -0.25) is 9.48 Å². The summed E-state index contributed by atoms with van der Waals surface area (Å²) in [7, 11) is 0. The molecular weight excluding hydrogens is 276 g/mol. The Hall–Kier alpha value is -1.65. The smallest absolute Gasteiger partial charge is 0.222 e. The second-order valence-electron chi connectivity index (χ2n) is 6.97. The van der Waals surface area contributed by atoms with Crippen molar-refractivity contribution in [2.45, 2.75) is 59.4 Å². The number of rotatable bonds is 7. The molecule has 1 aliphatic rings. The Balaban J connectivity index is 1.81. The van der Waals surface area contributed by atoms with Crippen LogP contribution in [0.5, 0.6) is 0 Å². The van der Waals surface area contributed by atoms with Gasteiger partial charge in [0.15, 0.2) is 0 Å². The van der Waals surface area contributed by atoms with Crippen molar-refractivity contribution in [2.75, 3.05) is 13.1 Å². The minimum atomic E-state index is 0.257. The van der Waals surface area contributed by atoms with E-state index in [4.69, 9.17) is 0 Å². The second-order valence-corrected chi connectivity index (χ2v) is 6.97. The zero-order chi connectivity index (χ0) is 16.0. The first-order valence-corrected chi connectivity index (χ1v) is 8.24. The van der Waals surface area contributed by atoms with Gasteiger partial charge in [0.1, 0.15) is 0 Å². The molecule has 0 aromatic carbocycles. The van der Waals surface area contributed by atoms with Crippen LogP contribution in [-0.4, -0.2) is 38.9 Å². The highest BCUT2D eigenvalue weighted by molar-refractivity contribution is 5.77. The van der Waals surface area contributed by atoms with Crippen LogP contribution in [0.25, 0.3) is 0 Å². The van der Waals surface area contributed by atoms with Gasteiger partial charge in [-0.15, -0.1) is 5.10 Å². The zero-order valence-corrected chi connectivity index (χ0v) is 14.1. The molecular formula is C17H28N4O. The highest BCUT2D eigenvalue weighted by Crippen LogP contribution is 2.34. The fraction of sp³-hybridized carbons (Fsp3) is 0.706. The number of hydrogen-bond acceptors (Lipinski definition) is 3. The number of aromatic nitrogens is 3. The summed E-state index contributed by atoms with van der Waals surface area (Å²) < 4.78 is 1.82. The topological polar surface area (TPSA) is 51.0 Å². The average molecular weight is 304 g/mol. The molecule has 0 spiro atoms. The molecule has 1 atom stereocenters. The van der Waals surface area contributed by atoms with Crippen LogP contribution in [0.1, 0.15) is 52.9 Å². The third kappa shape index (κ3) is 4.97. The van der Waals surface area contributed by atoms with Gasteiger partial charge < -0.3 is 4.90 Å². The first-order chi connectivity index (χ1) is 10.5. The molecule has 1 aromatic rings. The summed E-state index contributed by atoms with van der Waals surface area (Å²) in [5, 5.41) is 7.76. The van der Waals surface area contributed by atoms with E-state index in [0.717, 1.165) is 45.3 Å². The summed E-state index contributed by atoms with van der Waals surface area (Å²) in [6.45, 7) is 9.13. The molecule has 22 heavy (non-hydrogen) atoms. The average Bonchev–Trinajstić information content (AvgIpc) is 2.96. The van der Waals surface area contributed by atoms with Crippen molar-refractivity contribution in [3.05, 3.63) is 24.0 Å². The van der Waals surface area contributed by atoms with Crippen molar-refractivity contribution in [1.82, 2.24) is 19.9 Å². The van der Waals surface area contributed by atoms with Crippen molar-refractivity contribution in [3.8, 4) is 0 Å². The molecule has 0 bridgehead atoms. The quantitative estimate of drug-likeness (QED) is 0.728. The van der Waals surface area contributed by atoms with Crippen LogP contribution in [-0.2, 0) is 11.3 Å². The molecule has 5 heteroatoms. The van der Waals surface area contributed by atoms with E-state index in [2.05, 4.69) is 37.2 Å². The van der Waals surface area contributed by atoms with E-state index in [0.29, 0.717) is 12.3 Å². The molecule has 1 aromatic heterocycles. The monoisotopic (exact) mass is 304 g/mol. The Morgan fingerprint density at radius 1 is 1.41 bits per heavy atom. The summed E-state index contributed by atoms with van der Waals surface area (Å²) in [6.07, 6.45) is 10.8. The van der Waals surface area contributed by atoms with E-state index < -0.39 is 0 Å². The van der Waals surface area contributed by atoms with Crippen LogP contribution in [0.4, 0.5) is 0 Å². The number of nitrogens with zero attached hydrogens (tertiary/aromatic N) is 4. The number of likely N-dealkylation sites (tertiary alicyclic amines) is 1. The summed E-state index contributed by atoms with van der Waals surface area (Å²) >= 11 is 0. The van der Waals surface area contributed by atoms with Gasteiger partial charge in [-0.2, -0.15) is 0 Å². The van der Waals surface area contributed by atoms with Crippen molar-refractivity contribution in [2.24, 2.45) is 5.41 Å². The Kier molecular flexibility index (Phi) is 5.75. The molecule has 1 saturated heterocycles. The van der Waals surface area contributed by atoms with Crippen LogP contribution in [0.2, 0.25) is 0 Å². The molecule has 5 nitrogen and oxygen atoms in total. The van der Waals surface area contributed by atoms with Gasteiger partial charge in [-0.25, -0.2) is 0 Å². The number of piperidine rings is 1. The van der Waals surface area contributed by atoms with Gasteiger partial charge in [-0.1, -0.05) is 23.8 Å². The van der Waals surface area contributed by atoms with Crippen LogP contribution in [0, 0.1) is 5.41 Å². The number of allylic oxidation sites excluding steroid dienone is 2. The molecule has 0 aliphatic carbocycles. The van der Waals surface area contributed by atoms with E-state index in [1.165, 1.54) is 5.57 Å². The van der Waals surface area contributed by atoms with Crippen LogP contribution in [0.3, 0.4) is 0 Å².